The molecule has 0 radical (unpaired) electrons. The van der Waals surface area contributed by atoms with Gasteiger partial charge in [-0.25, -0.2) is 4.39 Å². The standard InChI is InChI=1S/C12H17FN2OS/c1-2-16-12-6-11(10(14)5-9(12)13)15-8-3-4-17-7-8/h5-6,8,15H,2-4,7,14H2,1H3. The lowest BCUT2D eigenvalue weighted by Crippen LogP contribution is -2.19. The van der Waals surface area contributed by atoms with Crippen LogP contribution in [-0.4, -0.2) is 24.2 Å². The highest BCUT2D eigenvalue weighted by Gasteiger charge is 2.17. The van der Waals surface area contributed by atoms with Gasteiger partial charge in [-0.15, -0.1) is 0 Å². The van der Waals surface area contributed by atoms with Gasteiger partial charge in [0.1, 0.15) is 0 Å². The molecule has 1 unspecified atom stereocenters. The van der Waals surface area contributed by atoms with Crippen LogP contribution < -0.4 is 15.8 Å². The molecule has 1 aliphatic heterocycles. The molecule has 0 aliphatic carbocycles. The van der Waals surface area contributed by atoms with E-state index >= 15 is 0 Å². The lowest BCUT2D eigenvalue weighted by molar-refractivity contribution is 0.322. The normalized spacial score (nSPS) is 19.3. The van der Waals surface area contributed by atoms with Gasteiger partial charge in [0.05, 0.1) is 18.0 Å². The minimum absolute atomic E-state index is 0.259. The van der Waals surface area contributed by atoms with Crippen LogP contribution in [0.1, 0.15) is 13.3 Å². The number of nitrogen functional groups attached to an aromatic ring is 1. The molecule has 1 aromatic carbocycles. The lowest BCUT2D eigenvalue weighted by Gasteiger charge is -2.16. The van der Waals surface area contributed by atoms with Gasteiger partial charge >= 0.3 is 0 Å². The smallest absolute Gasteiger partial charge is 0.167 e. The van der Waals surface area contributed by atoms with Crippen molar-refractivity contribution in [3.05, 3.63) is 17.9 Å². The molecule has 3 nitrogen and oxygen atoms in total. The summed E-state index contributed by atoms with van der Waals surface area (Å²) in [5.74, 6) is 2.09. The Morgan fingerprint density at radius 1 is 1.59 bits per heavy atom. The van der Waals surface area contributed by atoms with Gasteiger partial charge in [-0.1, -0.05) is 0 Å². The monoisotopic (exact) mass is 256 g/mol. The van der Waals surface area contributed by atoms with Crippen LogP contribution in [0.5, 0.6) is 5.75 Å². The molecule has 3 N–H and O–H groups in total. The Bertz CT molecular complexity index is 394. The van der Waals surface area contributed by atoms with Crippen molar-refractivity contribution < 1.29 is 9.13 Å². The Balaban J connectivity index is 2.16. The number of halogens is 1. The fraction of sp³-hybridized carbons (Fsp3) is 0.500. The predicted molar refractivity (Wildman–Crippen MR) is 71.3 cm³/mol. The van der Waals surface area contributed by atoms with Crippen LogP contribution in [-0.2, 0) is 0 Å². The maximum atomic E-state index is 13.5. The third-order valence-electron chi connectivity index (χ3n) is 2.69. The van der Waals surface area contributed by atoms with Crippen molar-refractivity contribution in [1.29, 1.82) is 0 Å². The van der Waals surface area contributed by atoms with Crippen LogP contribution in [0.25, 0.3) is 0 Å². The van der Waals surface area contributed by atoms with Crippen LogP contribution in [0.4, 0.5) is 15.8 Å². The van der Waals surface area contributed by atoms with Crippen molar-refractivity contribution in [3.8, 4) is 5.75 Å². The highest BCUT2D eigenvalue weighted by molar-refractivity contribution is 7.99. The molecule has 1 heterocycles. The lowest BCUT2D eigenvalue weighted by atomic mass is 10.2. The van der Waals surface area contributed by atoms with E-state index in [-0.39, 0.29) is 5.75 Å². The summed E-state index contributed by atoms with van der Waals surface area (Å²) in [4.78, 5) is 0. The maximum absolute atomic E-state index is 13.5. The molecule has 17 heavy (non-hydrogen) atoms. The van der Waals surface area contributed by atoms with Gasteiger partial charge in [-0.2, -0.15) is 11.8 Å². The third-order valence-corrected chi connectivity index (χ3v) is 3.86. The largest absolute Gasteiger partial charge is 0.491 e. The predicted octanol–water partition coefficient (Wildman–Crippen LogP) is 2.72. The number of anilines is 2. The summed E-state index contributed by atoms with van der Waals surface area (Å²) in [6.45, 7) is 2.27. The summed E-state index contributed by atoms with van der Waals surface area (Å²) in [6.07, 6.45) is 1.12. The Kier molecular flexibility index (Phi) is 3.99. The van der Waals surface area contributed by atoms with Gasteiger partial charge in [-0.05, 0) is 19.1 Å². The zero-order chi connectivity index (χ0) is 12.3. The molecular weight excluding hydrogens is 239 g/mol. The first kappa shape index (κ1) is 12.4. The zero-order valence-electron chi connectivity index (χ0n) is 9.83. The second kappa shape index (κ2) is 5.49. The van der Waals surface area contributed by atoms with Crippen LogP contribution in [0, 0.1) is 5.82 Å². The number of nitrogens with one attached hydrogen (secondary N) is 1. The average Bonchev–Trinajstić information content (AvgIpc) is 2.78. The topological polar surface area (TPSA) is 47.3 Å². The Morgan fingerprint density at radius 3 is 3.06 bits per heavy atom. The minimum Gasteiger partial charge on any atom is -0.491 e. The van der Waals surface area contributed by atoms with Crippen LogP contribution >= 0.6 is 11.8 Å². The Labute approximate surface area is 105 Å². The fourth-order valence-electron chi connectivity index (χ4n) is 1.83. The third kappa shape index (κ3) is 2.97. The van der Waals surface area contributed by atoms with Gasteiger partial charge < -0.3 is 15.8 Å². The van der Waals surface area contributed by atoms with E-state index in [1.54, 1.807) is 6.07 Å². The molecule has 0 spiro atoms. The van der Waals surface area contributed by atoms with Gasteiger partial charge in [-0.3, -0.25) is 0 Å². The van der Waals surface area contributed by atoms with E-state index in [0.717, 1.165) is 23.6 Å². The number of rotatable bonds is 4. The average molecular weight is 256 g/mol. The summed E-state index contributed by atoms with van der Waals surface area (Å²) in [5, 5.41) is 3.34. The second-order valence-electron chi connectivity index (χ2n) is 4.01. The second-order valence-corrected chi connectivity index (χ2v) is 5.16. The molecular formula is C12H17FN2OS. The molecule has 1 aromatic rings. The molecule has 1 atom stereocenters. The minimum atomic E-state index is -0.407. The highest BCUT2D eigenvalue weighted by Crippen LogP contribution is 2.30. The van der Waals surface area contributed by atoms with Gasteiger partial charge in [0.15, 0.2) is 11.6 Å². The molecule has 1 fully saturated rings. The number of nitrogens with two attached hydrogens (primary N) is 1. The first-order valence-corrected chi connectivity index (χ1v) is 6.92. The molecule has 0 saturated carbocycles. The summed E-state index contributed by atoms with van der Waals surface area (Å²) >= 11 is 1.92. The first-order valence-electron chi connectivity index (χ1n) is 5.76. The molecule has 0 amide bonds. The van der Waals surface area contributed by atoms with Crippen molar-refractivity contribution in [2.75, 3.05) is 29.2 Å². The van der Waals surface area contributed by atoms with Crippen molar-refractivity contribution in [3.63, 3.8) is 0 Å². The van der Waals surface area contributed by atoms with Crippen LogP contribution in [0.15, 0.2) is 12.1 Å². The highest BCUT2D eigenvalue weighted by atomic mass is 32.2. The molecule has 94 valence electrons. The quantitative estimate of drug-likeness (QED) is 0.813. The molecule has 0 aromatic heterocycles. The zero-order valence-corrected chi connectivity index (χ0v) is 10.6. The molecule has 1 aliphatic rings. The van der Waals surface area contributed by atoms with Crippen molar-refractivity contribution in [2.45, 2.75) is 19.4 Å². The Hall–Kier alpha value is -1.10. The van der Waals surface area contributed by atoms with E-state index in [1.165, 1.54) is 6.07 Å². The van der Waals surface area contributed by atoms with Crippen molar-refractivity contribution in [2.24, 2.45) is 0 Å². The number of hydrogen-bond acceptors (Lipinski definition) is 4. The van der Waals surface area contributed by atoms with E-state index in [2.05, 4.69) is 5.32 Å². The SMILES string of the molecule is CCOc1cc(NC2CCSC2)c(N)cc1F. The molecule has 5 heteroatoms. The fourth-order valence-corrected chi connectivity index (χ4v) is 2.98. The van der Waals surface area contributed by atoms with E-state index in [1.807, 2.05) is 18.7 Å². The first-order chi connectivity index (χ1) is 8.20. The molecule has 2 rings (SSSR count). The number of thioether (sulfide) groups is 1. The summed E-state index contributed by atoms with van der Waals surface area (Å²) in [5.41, 5.74) is 7.00. The molecule has 0 bridgehead atoms. The van der Waals surface area contributed by atoms with Gasteiger partial charge in [0, 0.05) is 23.9 Å². The van der Waals surface area contributed by atoms with Gasteiger partial charge in [0.2, 0.25) is 0 Å². The number of ether oxygens (including phenoxy) is 1. The summed E-state index contributed by atoms with van der Waals surface area (Å²) < 4.78 is 18.7. The summed E-state index contributed by atoms with van der Waals surface area (Å²) in [7, 11) is 0. The Morgan fingerprint density at radius 2 is 2.41 bits per heavy atom. The molecule has 1 saturated heterocycles. The van der Waals surface area contributed by atoms with E-state index in [9.17, 15) is 4.39 Å². The summed E-state index contributed by atoms with van der Waals surface area (Å²) in [6, 6.07) is 3.38. The van der Waals surface area contributed by atoms with Crippen molar-refractivity contribution >= 4 is 23.1 Å². The van der Waals surface area contributed by atoms with Crippen LogP contribution in [0.2, 0.25) is 0 Å². The van der Waals surface area contributed by atoms with E-state index < -0.39 is 5.82 Å². The number of hydrogen-bond donors (Lipinski definition) is 2. The number of benzene rings is 1. The maximum Gasteiger partial charge on any atom is 0.167 e. The van der Waals surface area contributed by atoms with Crippen LogP contribution in [0.3, 0.4) is 0 Å². The van der Waals surface area contributed by atoms with Gasteiger partial charge in [0.25, 0.3) is 0 Å². The van der Waals surface area contributed by atoms with Crippen molar-refractivity contribution in [1.82, 2.24) is 0 Å². The van der Waals surface area contributed by atoms with E-state index in [0.29, 0.717) is 18.3 Å². The van der Waals surface area contributed by atoms with E-state index in [4.69, 9.17) is 10.5 Å².